The summed E-state index contributed by atoms with van der Waals surface area (Å²) < 4.78 is 11.1. The lowest BCUT2D eigenvalue weighted by atomic mass is 9.80. The van der Waals surface area contributed by atoms with E-state index < -0.39 is 0 Å². The predicted octanol–water partition coefficient (Wildman–Crippen LogP) is 4.03. The highest BCUT2D eigenvalue weighted by atomic mass is 16.5. The van der Waals surface area contributed by atoms with E-state index in [1.165, 1.54) is 6.42 Å². The van der Waals surface area contributed by atoms with Crippen molar-refractivity contribution in [2.75, 3.05) is 13.7 Å². The van der Waals surface area contributed by atoms with Crippen LogP contribution in [0.2, 0.25) is 0 Å². The summed E-state index contributed by atoms with van der Waals surface area (Å²) in [5, 5.41) is 0. The normalized spacial score (nSPS) is 25.6. The first-order valence-electron chi connectivity index (χ1n) is 7.80. The highest BCUT2D eigenvalue weighted by Gasteiger charge is 2.25. The number of carbonyl (C=O) groups is 1. The summed E-state index contributed by atoms with van der Waals surface area (Å²) in [5.74, 6) is 2.07. The number of methoxy groups -OCH3 is 1. The largest absolute Gasteiger partial charge is 0.496 e. The predicted molar refractivity (Wildman–Crippen MR) is 84.0 cm³/mol. The maximum Gasteiger partial charge on any atom is 0.192 e. The van der Waals surface area contributed by atoms with Gasteiger partial charge in [0.2, 0.25) is 0 Å². The molecule has 1 aromatic carbocycles. The van der Waals surface area contributed by atoms with E-state index in [4.69, 9.17) is 9.47 Å². The summed E-state index contributed by atoms with van der Waals surface area (Å²) in [5.41, 5.74) is 1.69. The van der Waals surface area contributed by atoms with Gasteiger partial charge in [-0.25, -0.2) is 0 Å². The van der Waals surface area contributed by atoms with E-state index in [1.807, 2.05) is 25.1 Å². The van der Waals surface area contributed by atoms with Crippen molar-refractivity contribution < 1.29 is 14.3 Å². The van der Waals surface area contributed by atoms with Crippen molar-refractivity contribution in [1.29, 1.82) is 0 Å². The zero-order valence-corrected chi connectivity index (χ0v) is 13.5. The van der Waals surface area contributed by atoms with Crippen molar-refractivity contribution in [1.82, 2.24) is 0 Å². The first-order valence-corrected chi connectivity index (χ1v) is 7.80. The van der Waals surface area contributed by atoms with E-state index in [-0.39, 0.29) is 18.5 Å². The van der Waals surface area contributed by atoms with Crippen LogP contribution in [0.25, 0.3) is 0 Å². The molecule has 3 atom stereocenters. The van der Waals surface area contributed by atoms with Gasteiger partial charge in [0.15, 0.2) is 5.78 Å². The van der Waals surface area contributed by atoms with Gasteiger partial charge in [0, 0.05) is 0 Å². The van der Waals surface area contributed by atoms with Gasteiger partial charge in [-0.15, -0.1) is 0 Å². The molecule has 0 N–H and O–H groups in total. The van der Waals surface area contributed by atoms with Gasteiger partial charge < -0.3 is 9.47 Å². The van der Waals surface area contributed by atoms with Crippen LogP contribution in [-0.4, -0.2) is 25.6 Å². The average molecular weight is 290 g/mol. The number of carbonyl (C=O) groups excluding carboxylic acids is 1. The van der Waals surface area contributed by atoms with Crippen molar-refractivity contribution in [2.45, 2.75) is 46.1 Å². The number of hydrogen-bond donors (Lipinski definition) is 0. The van der Waals surface area contributed by atoms with Crippen LogP contribution in [0, 0.1) is 18.8 Å². The molecule has 0 bridgehead atoms. The van der Waals surface area contributed by atoms with Gasteiger partial charge >= 0.3 is 0 Å². The lowest BCUT2D eigenvalue weighted by Crippen LogP contribution is -2.28. The van der Waals surface area contributed by atoms with Gasteiger partial charge in [-0.2, -0.15) is 0 Å². The molecule has 1 aromatic rings. The molecule has 116 valence electrons. The van der Waals surface area contributed by atoms with Crippen LogP contribution in [-0.2, 0) is 4.74 Å². The van der Waals surface area contributed by atoms with Crippen LogP contribution in [0.5, 0.6) is 5.75 Å². The molecule has 0 heterocycles. The smallest absolute Gasteiger partial charge is 0.192 e. The van der Waals surface area contributed by atoms with E-state index in [9.17, 15) is 4.79 Å². The highest BCUT2D eigenvalue weighted by Crippen LogP contribution is 2.31. The Labute approximate surface area is 127 Å². The number of hydrogen-bond acceptors (Lipinski definition) is 3. The number of benzene rings is 1. The molecule has 0 radical (unpaired) electrons. The molecule has 1 aliphatic carbocycles. The van der Waals surface area contributed by atoms with E-state index in [1.54, 1.807) is 7.11 Å². The molecule has 3 heteroatoms. The summed E-state index contributed by atoms with van der Waals surface area (Å²) in [4.78, 5) is 12.3. The monoisotopic (exact) mass is 290 g/mol. The molecular weight excluding hydrogens is 264 g/mol. The van der Waals surface area contributed by atoms with Crippen LogP contribution in [0.1, 0.15) is 49.0 Å². The van der Waals surface area contributed by atoms with Gasteiger partial charge in [0.1, 0.15) is 12.4 Å². The maximum absolute atomic E-state index is 12.3. The second-order valence-corrected chi connectivity index (χ2v) is 6.33. The molecular formula is C18H26O3. The Morgan fingerprint density at radius 1 is 1.24 bits per heavy atom. The zero-order valence-electron chi connectivity index (χ0n) is 13.5. The molecule has 2 rings (SSSR count). The Kier molecular flexibility index (Phi) is 5.40. The van der Waals surface area contributed by atoms with Crippen molar-refractivity contribution in [2.24, 2.45) is 11.8 Å². The van der Waals surface area contributed by atoms with Crippen LogP contribution < -0.4 is 4.74 Å². The van der Waals surface area contributed by atoms with Gasteiger partial charge in [-0.1, -0.05) is 19.9 Å². The fraction of sp³-hybridized carbons (Fsp3) is 0.611. The topological polar surface area (TPSA) is 35.5 Å². The number of ketones is 1. The number of Topliss-reactive ketones (excluding diaryl/α,β-unsaturated/α-hetero) is 1. The van der Waals surface area contributed by atoms with E-state index in [0.717, 1.165) is 24.3 Å². The molecule has 1 aliphatic rings. The maximum atomic E-state index is 12.3. The minimum absolute atomic E-state index is 0.00174. The molecule has 3 nitrogen and oxygen atoms in total. The molecule has 0 aromatic heterocycles. The molecule has 1 fully saturated rings. The summed E-state index contributed by atoms with van der Waals surface area (Å²) in [6, 6.07) is 5.64. The second kappa shape index (κ2) is 7.08. The SMILES string of the molecule is COc1cc(C)ccc1C(=O)COC1CCC(C)C(C)C1. The molecule has 1 saturated carbocycles. The fourth-order valence-corrected chi connectivity index (χ4v) is 2.95. The Bertz CT molecular complexity index is 495. The van der Waals surface area contributed by atoms with Crippen molar-refractivity contribution in [3.63, 3.8) is 0 Å². The minimum atomic E-state index is -0.00174. The van der Waals surface area contributed by atoms with E-state index in [0.29, 0.717) is 17.2 Å². The number of aryl methyl sites for hydroxylation is 1. The first kappa shape index (κ1) is 16.0. The van der Waals surface area contributed by atoms with Gasteiger partial charge in [-0.05, 0) is 55.7 Å². The molecule has 0 saturated heterocycles. The van der Waals surface area contributed by atoms with E-state index in [2.05, 4.69) is 13.8 Å². The van der Waals surface area contributed by atoms with Crippen molar-refractivity contribution in [3.8, 4) is 5.75 Å². The number of rotatable bonds is 5. The number of ether oxygens (including phenoxy) is 2. The minimum Gasteiger partial charge on any atom is -0.496 e. The Morgan fingerprint density at radius 2 is 2.00 bits per heavy atom. The van der Waals surface area contributed by atoms with Gasteiger partial charge in [-0.3, -0.25) is 4.79 Å². The van der Waals surface area contributed by atoms with Crippen LogP contribution >= 0.6 is 0 Å². The summed E-state index contributed by atoms with van der Waals surface area (Å²) >= 11 is 0. The third-order valence-electron chi connectivity index (χ3n) is 4.66. The van der Waals surface area contributed by atoms with Crippen molar-refractivity contribution in [3.05, 3.63) is 29.3 Å². The first-order chi connectivity index (χ1) is 10.0. The summed E-state index contributed by atoms with van der Waals surface area (Å²) in [7, 11) is 1.59. The van der Waals surface area contributed by atoms with Crippen molar-refractivity contribution >= 4 is 5.78 Å². The average Bonchev–Trinajstić information content (AvgIpc) is 2.48. The molecule has 3 unspecified atom stereocenters. The molecule has 0 amide bonds. The zero-order chi connectivity index (χ0) is 15.4. The summed E-state index contributed by atoms with van der Waals surface area (Å²) in [6.07, 6.45) is 3.52. The van der Waals surface area contributed by atoms with E-state index >= 15 is 0 Å². The standard InChI is InChI=1S/C18H26O3/c1-12-5-8-16(18(9-12)20-4)17(19)11-21-15-7-6-13(2)14(3)10-15/h5,8-9,13-15H,6-7,10-11H2,1-4H3. The highest BCUT2D eigenvalue weighted by molar-refractivity contribution is 5.99. The van der Waals surface area contributed by atoms with Gasteiger partial charge in [0.25, 0.3) is 0 Å². The van der Waals surface area contributed by atoms with Gasteiger partial charge in [0.05, 0.1) is 18.8 Å². The summed E-state index contributed by atoms with van der Waals surface area (Å²) in [6.45, 7) is 6.69. The molecule has 21 heavy (non-hydrogen) atoms. The molecule has 0 aliphatic heterocycles. The van der Waals surface area contributed by atoms with Crippen LogP contribution in [0.3, 0.4) is 0 Å². The third kappa shape index (κ3) is 4.07. The lowest BCUT2D eigenvalue weighted by Gasteiger charge is -2.31. The van der Waals surface area contributed by atoms with Crippen LogP contribution in [0.4, 0.5) is 0 Å². The second-order valence-electron chi connectivity index (χ2n) is 6.33. The lowest BCUT2D eigenvalue weighted by molar-refractivity contribution is 0.00699. The van der Waals surface area contributed by atoms with Crippen LogP contribution in [0.15, 0.2) is 18.2 Å². The Hall–Kier alpha value is -1.35. The Balaban J connectivity index is 1.93. The fourth-order valence-electron chi connectivity index (χ4n) is 2.95. The molecule has 0 spiro atoms. The quantitative estimate of drug-likeness (QED) is 0.768. The third-order valence-corrected chi connectivity index (χ3v) is 4.66. The Morgan fingerprint density at radius 3 is 2.67 bits per heavy atom.